The van der Waals surface area contributed by atoms with Crippen LogP contribution in [0.15, 0.2) is 46.0 Å². The van der Waals surface area contributed by atoms with Crippen molar-refractivity contribution in [3.05, 3.63) is 46.8 Å². The van der Waals surface area contributed by atoms with Crippen molar-refractivity contribution in [2.24, 2.45) is 0 Å². The standard InChI is InChI=1S/C16H18ClN3O3S2/c17-13-3-1-4-14(11-13)19-6-8-20(9-7-19)15(21)12-18-25(22,23)16-5-2-10-24-16/h1-5,10-11,18H,6-9,12H2. The van der Waals surface area contributed by atoms with Gasteiger partial charge in [-0.3, -0.25) is 4.79 Å². The summed E-state index contributed by atoms with van der Waals surface area (Å²) in [5.41, 5.74) is 1.03. The number of carbonyl (C=O) groups excluding carboxylic acids is 1. The lowest BCUT2D eigenvalue weighted by atomic mass is 10.2. The summed E-state index contributed by atoms with van der Waals surface area (Å²) in [5, 5.41) is 2.37. The molecule has 0 unspecified atom stereocenters. The lowest BCUT2D eigenvalue weighted by Crippen LogP contribution is -2.51. The van der Waals surface area contributed by atoms with Crippen molar-refractivity contribution in [3.63, 3.8) is 0 Å². The second-order valence-corrected chi connectivity index (χ2v) is 8.98. The van der Waals surface area contributed by atoms with Crippen molar-refractivity contribution >= 4 is 44.6 Å². The van der Waals surface area contributed by atoms with Crippen LogP contribution < -0.4 is 9.62 Å². The Morgan fingerprint density at radius 3 is 2.56 bits per heavy atom. The third-order valence-corrected chi connectivity index (χ3v) is 7.01. The number of nitrogens with one attached hydrogen (secondary N) is 1. The van der Waals surface area contributed by atoms with E-state index in [1.807, 2.05) is 24.3 Å². The van der Waals surface area contributed by atoms with Crippen LogP contribution in [-0.4, -0.2) is 51.9 Å². The molecule has 0 aliphatic carbocycles. The van der Waals surface area contributed by atoms with Crippen LogP contribution in [0.25, 0.3) is 0 Å². The molecule has 1 aliphatic rings. The summed E-state index contributed by atoms with van der Waals surface area (Å²) in [7, 11) is -3.61. The first-order chi connectivity index (χ1) is 12.0. The minimum absolute atomic E-state index is 0.214. The smallest absolute Gasteiger partial charge is 0.250 e. The van der Waals surface area contributed by atoms with Crippen LogP contribution >= 0.6 is 22.9 Å². The van der Waals surface area contributed by atoms with Gasteiger partial charge in [0.05, 0.1) is 6.54 Å². The van der Waals surface area contributed by atoms with Crippen molar-refractivity contribution in [2.45, 2.75) is 4.21 Å². The number of carbonyl (C=O) groups is 1. The highest BCUT2D eigenvalue weighted by atomic mass is 35.5. The van der Waals surface area contributed by atoms with E-state index in [2.05, 4.69) is 9.62 Å². The number of rotatable bonds is 5. The molecule has 1 aliphatic heterocycles. The second-order valence-electron chi connectivity index (χ2n) is 5.60. The number of halogens is 1. The monoisotopic (exact) mass is 399 g/mol. The normalized spacial score (nSPS) is 15.4. The Morgan fingerprint density at radius 1 is 1.16 bits per heavy atom. The van der Waals surface area contributed by atoms with E-state index < -0.39 is 10.0 Å². The molecule has 25 heavy (non-hydrogen) atoms. The van der Waals surface area contributed by atoms with E-state index in [4.69, 9.17) is 11.6 Å². The average Bonchev–Trinajstić information content (AvgIpc) is 3.15. The number of thiophene rings is 1. The van der Waals surface area contributed by atoms with Gasteiger partial charge in [0.15, 0.2) is 0 Å². The van der Waals surface area contributed by atoms with Crippen molar-refractivity contribution < 1.29 is 13.2 Å². The molecular weight excluding hydrogens is 382 g/mol. The van der Waals surface area contributed by atoms with Crippen molar-refractivity contribution in [2.75, 3.05) is 37.6 Å². The van der Waals surface area contributed by atoms with E-state index in [1.54, 1.807) is 16.3 Å². The van der Waals surface area contributed by atoms with Gasteiger partial charge in [0.1, 0.15) is 4.21 Å². The Hall–Kier alpha value is -1.61. The van der Waals surface area contributed by atoms with E-state index >= 15 is 0 Å². The molecule has 0 atom stereocenters. The van der Waals surface area contributed by atoms with Crippen LogP contribution in [0.5, 0.6) is 0 Å². The molecule has 0 spiro atoms. The van der Waals surface area contributed by atoms with Crippen LogP contribution in [0, 0.1) is 0 Å². The summed E-state index contributed by atoms with van der Waals surface area (Å²) in [6.45, 7) is 2.24. The van der Waals surface area contributed by atoms with Crippen LogP contribution in [-0.2, 0) is 14.8 Å². The van der Waals surface area contributed by atoms with Crippen LogP contribution in [0.2, 0.25) is 5.02 Å². The molecule has 1 aromatic carbocycles. The topological polar surface area (TPSA) is 69.7 Å². The molecule has 2 heterocycles. The molecule has 1 saturated heterocycles. The molecular formula is C16H18ClN3O3S2. The van der Waals surface area contributed by atoms with Gasteiger partial charge in [-0.1, -0.05) is 23.7 Å². The first kappa shape index (κ1) is 18.2. The summed E-state index contributed by atoms with van der Waals surface area (Å²) >= 11 is 7.14. The maximum absolute atomic E-state index is 12.3. The minimum Gasteiger partial charge on any atom is -0.368 e. The predicted molar refractivity (Wildman–Crippen MR) is 99.8 cm³/mol. The van der Waals surface area contributed by atoms with Crippen molar-refractivity contribution in [1.82, 2.24) is 9.62 Å². The SMILES string of the molecule is O=C(CNS(=O)(=O)c1cccs1)N1CCN(c2cccc(Cl)c2)CC1. The predicted octanol–water partition coefficient (Wildman–Crippen LogP) is 2.03. The molecule has 2 aromatic rings. The van der Waals surface area contributed by atoms with Gasteiger partial charge in [0.2, 0.25) is 5.91 Å². The fourth-order valence-corrected chi connectivity index (χ4v) is 4.84. The Balaban J connectivity index is 1.52. The zero-order valence-electron chi connectivity index (χ0n) is 13.4. The summed E-state index contributed by atoms with van der Waals surface area (Å²) in [5.74, 6) is -0.217. The molecule has 1 fully saturated rings. The first-order valence-electron chi connectivity index (χ1n) is 7.77. The Morgan fingerprint density at radius 2 is 1.92 bits per heavy atom. The lowest BCUT2D eigenvalue weighted by molar-refractivity contribution is -0.130. The largest absolute Gasteiger partial charge is 0.368 e. The fraction of sp³-hybridized carbons (Fsp3) is 0.312. The molecule has 0 bridgehead atoms. The van der Waals surface area contributed by atoms with Gasteiger partial charge in [-0.25, -0.2) is 13.1 Å². The number of benzene rings is 1. The van der Waals surface area contributed by atoms with E-state index in [1.165, 1.54) is 6.07 Å². The number of nitrogens with zero attached hydrogens (tertiary/aromatic N) is 2. The molecule has 6 nitrogen and oxygen atoms in total. The summed E-state index contributed by atoms with van der Waals surface area (Å²) < 4.78 is 26.7. The van der Waals surface area contributed by atoms with Crippen LogP contribution in [0.4, 0.5) is 5.69 Å². The van der Waals surface area contributed by atoms with Gasteiger partial charge in [0.25, 0.3) is 10.0 Å². The molecule has 1 aromatic heterocycles. The van der Waals surface area contributed by atoms with E-state index in [0.717, 1.165) is 17.0 Å². The molecule has 9 heteroatoms. The van der Waals surface area contributed by atoms with Gasteiger partial charge in [-0.2, -0.15) is 0 Å². The molecule has 0 radical (unpaired) electrons. The third-order valence-electron chi connectivity index (χ3n) is 3.98. The molecule has 134 valence electrons. The maximum Gasteiger partial charge on any atom is 0.250 e. The first-order valence-corrected chi connectivity index (χ1v) is 10.5. The number of hydrogen-bond acceptors (Lipinski definition) is 5. The van der Waals surface area contributed by atoms with Gasteiger partial charge in [-0.15, -0.1) is 11.3 Å². The number of amides is 1. The highest BCUT2D eigenvalue weighted by molar-refractivity contribution is 7.91. The highest BCUT2D eigenvalue weighted by Gasteiger charge is 2.23. The Bertz CT molecular complexity index is 832. The zero-order chi connectivity index (χ0) is 17.9. The van der Waals surface area contributed by atoms with Gasteiger partial charge < -0.3 is 9.80 Å². The van der Waals surface area contributed by atoms with Crippen LogP contribution in [0.1, 0.15) is 0 Å². The van der Waals surface area contributed by atoms with E-state index in [-0.39, 0.29) is 16.7 Å². The average molecular weight is 400 g/mol. The maximum atomic E-state index is 12.3. The highest BCUT2D eigenvalue weighted by Crippen LogP contribution is 2.21. The molecule has 1 amide bonds. The number of hydrogen-bond donors (Lipinski definition) is 1. The van der Waals surface area contributed by atoms with Crippen molar-refractivity contribution in [3.8, 4) is 0 Å². The van der Waals surface area contributed by atoms with Gasteiger partial charge in [0, 0.05) is 36.9 Å². The number of piperazine rings is 1. The van der Waals surface area contributed by atoms with Gasteiger partial charge >= 0.3 is 0 Å². The van der Waals surface area contributed by atoms with Crippen LogP contribution in [0.3, 0.4) is 0 Å². The molecule has 1 N–H and O–H groups in total. The fourth-order valence-electron chi connectivity index (χ4n) is 2.64. The lowest BCUT2D eigenvalue weighted by Gasteiger charge is -2.36. The second kappa shape index (κ2) is 7.74. The molecule has 0 saturated carbocycles. The third kappa shape index (κ3) is 4.52. The number of sulfonamides is 1. The van der Waals surface area contributed by atoms with E-state index in [9.17, 15) is 13.2 Å². The van der Waals surface area contributed by atoms with E-state index in [0.29, 0.717) is 31.2 Å². The van der Waals surface area contributed by atoms with Crippen molar-refractivity contribution in [1.29, 1.82) is 0 Å². The summed E-state index contributed by atoms with van der Waals surface area (Å²) in [6, 6.07) is 10.8. The molecule has 3 rings (SSSR count). The Labute approximate surface area is 156 Å². The number of anilines is 1. The minimum atomic E-state index is -3.61. The Kier molecular flexibility index (Phi) is 5.63. The quantitative estimate of drug-likeness (QED) is 0.835. The summed E-state index contributed by atoms with van der Waals surface area (Å²) in [4.78, 5) is 16.1. The zero-order valence-corrected chi connectivity index (χ0v) is 15.8. The summed E-state index contributed by atoms with van der Waals surface area (Å²) in [6.07, 6.45) is 0. The van der Waals surface area contributed by atoms with Gasteiger partial charge in [-0.05, 0) is 29.6 Å².